The van der Waals surface area contributed by atoms with Crippen LogP contribution in [-0.2, 0) is 11.8 Å². The summed E-state index contributed by atoms with van der Waals surface area (Å²) in [5.74, 6) is 0.746. The van der Waals surface area contributed by atoms with E-state index in [9.17, 15) is 5.26 Å². The van der Waals surface area contributed by atoms with Crippen LogP contribution >= 0.6 is 0 Å². The van der Waals surface area contributed by atoms with Crippen molar-refractivity contribution in [1.29, 1.82) is 5.26 Å². The average molecular weight is 365 g/mol. The van der Waals surface area contributed by atoms with Crippen LogP contribution in [0.4, 0.5) is 11.6 Å². The second kappa shape index (κ2) is 8.49. The number of nitriles is 1. The zero-order chi connectivity index (χ0) is 20.0. The summed E-state index contributed by atoms with van der Waals surface area (Å²) in [6, 6.07) is 8.17. The Balaban J connectivity index is 2.26. The van der Waals surface area contributed by atoms with Gasteiger partial charge < -0.3 is 11.1 Å². The number of aryl methyl sites for hydroxylation is 1. The predicted molar refractivity (Wildman–Crippen MR) is 108 cm³/mol. The molecule has 0 aliphatic heterocycles. The number of hydrogen-bond acceptors (Lipinski definition) is 6. The first kappa shape index (κ1) is 20.2. The fourth-order valence-electron chi connectivity index (χ4n) is 2.36. The molecule has 2 heterocycles. The van der Waals surface area contributed by atoms with E-state index in [-0.39, 0.29) is 5.41 Å². The van der Waals surface area contributed by atoms with E-state index in [0.29, 0.717) is 30.2 Å². The number of nitrogens with zero attached hydrogens (tertiary/aromatic N) is 4. The van der Waals surface area contributed by atoms with Gasteiger partial charge in [0, 0.05) is 41.0 Å². The lowest BCUT2D eigenvalue weighted by atomic mass is 9.91. The lowest BCUT2D eigenvalue weighted by Gasteiger charge is -2.18. The molecule has 2 aromatic heterocycles. The molecule has 0 saturated heterocycles. The summed E-state index contributed by atoms with van der Waals surface area (Å²) < 4.78 is 0. The van der Waals surface area contributed by atoms with Gasteiger partial charge in [-0.2, -0.15) is 10.4 Å². The van der Waals surface area contributed by atoms with Gasteiger partial charge in [-0.25, -0.2) is 4.98 Å². The van der Waals surface area contributed by atoms with Crippen molar-refractivity contribution >= 4 is 11.6 Å². The third-order valence-corrected chi connectivity index (χ3v) is 4.23. The van der Waals surface area contributed by atoms with Crippen molar-refractivity contribution in [3.05, 3.63) is 52.6 Å². The fraction of sp³-hybridized carbons (Fsp3) is 0.400. The van der Waals surface area contributed by atoms with Crippen LogP contribution < -0.4 is 11.1 Å². The van der Waals surface area contributed by atoms with Gasteiger partial charge in [0.25, 0.3) is 0 Å². The van der Waals surface area contributed by atoms with Crippen LogP contribution in [0.2, 0.25) is 0 Å². The molecule has 0 saturated carbocycles. The number of rotatable bonds is 4. The molecule has 7 heteroatoms. The number of nitrogen functional groups attached to an aromatic ring is 1. The summed E-state index contributed by atoms with van der Waals surface area (Å²) in [4.78, 5) is 9.12. The third kappa shape index (κ3) is 5.42. The smallest absolute Gasteiger partial charge is 0.148 e. The maximum Gasteiger partial charge on any atom is 0.148 e. The third-order valence-electron chi connectivity index (χ3n) is 4.23. The Morgan fingerprint density at radius 1 is 1.22 bits per heavy atom. The Bertz CT molecular complexity index is 900. The first-order valence-electron chi connectivity index (χ1n) is 8.88. The predicted octanol–water partition coefficient (Wildman–Crippen LogP) is 3.35. The molecule has 0 spiro atoms. The molecular formula is C20H27N7. The highest BCUT2D eigenvalue weighted by molar-refractivity contribution is 5.53. The van der Waals surface area contributed by atoms with Gasteiger partial charge in [0.2, 0.25) is 0 Å². The van der Waals surface area contributed by atoms with Gasteiger partial charge in [-0.15, -0.1) is 0 Å². The first-order valence-corrected chi connectivity index (χ1v) is 8.88. The van der Waals surface area contributed by atoms with Crippen LogP contribution in [0.5, 0.6) is 0 Å². The van der Waals surface area contributed by atoms with Crippen LogP contribution in [0.1, 0.15) is 49.0 Å². The van der Waals surface area contributed by atoms with Crippen molar-refractivity contribution in [3.63, 3.8) is 0 Å². The number of anilines is 2. The summed E-state index contributed by atoms with van der Waals surface area (Å²) >= 11 is 0. The summed E-state index contributed by atoms with van der Waals surface area (Å²) in [6.07, 6.45) is 2.14. The summed E-state index contributed by atoms with van der Waals surface area (Å²) in [6.45, 7) is 10.7. The highest BCUT2D eigenvalue weighted by Crippen LogP contribution is 2.20. The minimum Gasteiger partial charge on any atom is -0.383 e. The zero-order valence-electron chi connectivity index (χ0n) is 16.6. The molecule has 0 aliphatic carbocycles. The van der Waals surface area contributed by atoms with Crippen molar-refractivity contribution in [2.75, 3.05) is 17.6 Å². The zero-order valence-corrected chi connectivity index (χ0v) is 16.6. The SMILES string of the molecule is Cc1[nH]ncc(C#N)c(NCCc2cccc(C(C)(C)C)n2)nc(N)c1C. The Kier molecular flexibility index (Phi) is 6.35. The molecule has 27 heavy (non-hydrogen) atoms. The molecule has 0 amide bonds. The molecule has 0 radical (unpaired) electrons. The average Bonchev–Trinajstić information content (AvgIpc) is 2.67. The second-order valence-corrected chi connectivity index (χ2v) is 7.43. The summed E-state index contributed by atoms with van der Waals surface area (Å²) in [5, 5.41) is 19.6. The highest BCUT2D eigenvalue weighted by Gasteiger charge is 2.15. The lowest BCUT2D eigenvalue weighted by molar-refractivity contribution is 0.565. The van der Waals surface area contributed by atoms with Gasteiger partial charge in [0.05, 0.1) is 6.20 Å². The minimum absolute atomic E-state index is 0.00165. The monoisotopic (exact) mass is 365 g/mol. The molecule has 0 aromatic carbocycles. The van der Waals surface area contributed by atoms with Gasteiger partial charge in [0.15, 0.2) is 0 Å². The van der Waals surface area contributed by atoms with Crippen LogP contribution in [0.15, 0.2) is 24.4 Å². The molecule has 7 nitrogen and oxygen atoms in total. The number of nitrogens with one attached hydrogen (secondary N) is 2. The van der Waals surface area contributed by atoms with Crippen LogP contribution in [0.3, 0.4) is 0 Å². The van der Waals surface area contributed by atoms with Crippen LogP contribution in [0, 0.1) is 25.2 Å². The number of aromatic amines is 1. The van der Waals surface area contributed by atoms with Crippen molar-refractivity contribution in [2.24, 2.45) is 0 Å². The molecule has 4 N–H and O–H groups in total. The van der Waals surface area contributed by atoms with E-state index in [0.717, 1.165) is 22.6 Å². The Morgan fingerprint density at radius 3 is 2.63 bits per heavy atom. The van der Waals surface area contributed by atoms with Crippen molar-refractivity contribution < 1.29 is 0 Å². The van der Waals surface area contributed by atoms with Gasteiger partial charge in [-0.3, -0.25) is 10.1 Å². The molecule has 0 atom stereocenters. The fourth-order valence-corrected chi connectivity index (χ4v) is 2.36. The van der Waals surface area contributed by atoms with E-state index < -0.39 is 0 Å². The highest BCUT2D eigenvalue weighted by atomic mass is 15.1. The number of nitrogens with two attached hydrogens (primary N) is 1. The van der Waals surface area contributed by atoms with E-state index in [1.54, 1.807) is 0 Å². The Labute approximate surface area is 160 Å². The second-order valence-electron chi connectivity index (χ2n) is 7.43. The molecule has 2 aromatic rings. The maximum absolute atomic E-state index is 9.43. The number of hydrogen-bond donors (Lipinski definition) is 3. The van der Waals surface area contributed by atoms with Crippen molar-refractivity contribution in [1.82, 2.24) is 20.2 Å². The normalized spacial score (nSPS) is 10.8. The van der Waals surface area contributed by atoms with Crippen molar-refractivity contribution in [3.8, 4) is 6.07 Å². The number of aromatic nitrogens is 4. The van der Waals surface area contributed by atoms with Crippen LogP contribution in [0.25, 0.3) is 0 Å². The standard InChI is InChI=1S/C20H27N7/c1-13-14(2)27-24-12-15(11-21)19(26-18(13)22)23-10-9-16-7-6-8-17(25-16)20(3,4)5/h6-8,12,23,27H,9-10H2,1-5H3,(H2,22,26). The lowest BCUT2D eigenvalue weighted by Crippen LogP contribution is -2.15. The Morgan fingerprint density at radius 2 is 1.96 bits per heavy atom. The minimum atomic E-state index is 0.00165. The number of H-pyrrole nitrogens is 1. The quantitative estimate of drug-likeness (QED) is 0.765. The van der Waals surface area contributed by atoms with E-state index in [1.165, 1.54) is 6.20 Å². The first-order chi connectivity index (χ1) is 12.7. The summed E-state index contributed by atoms with van der Waals surface area (Å²) in [7, 11) is 0. The number of pyridine rings is 1. The van der Waals surface area contributed by atoms with Crippen molar-refractivity contribution in [2.45, 2.75) is 46.5 Å². The largest absolute Gasteiger partial charge is 0.383 e. The molecule has 0 fully saturated rings. The van der Waals surface area contributed by atoms with E-state index in [2.05, 4.69) is 47.3 Å². The van der Waals surface area contributed by atoms with Gasteiger partial charge >= 0.3 is 0 Å². The maximum atomic E-state index is 9.43. The van der Waals surface area contributed by atoms with Gasteiger partial charge in [0.1, 0.15) is 23.3 Å². The van der Waals surface area contributed by atoms with Gasteiger partial charge in [-0.05, 0) is 26.0 Å². The van der Waals surface area contributed by atoms with Gasteiger partial charge in [-0.1, -0.05) is 26.8 Å². The molecular weight excluding hydrogens is 338 g/mol. The topological polar surface area (TPSA) is 116 Å². The molecule has 0 bridgehead atoms. The molecule has 0 aliphatic rings. The molecule has 142 valence electrons. The van der Waals surface area contributed by atoms with E-state index in [1.807, 2.05) is 32.0 Å². The van der Waals surface area contributed by atoms with Crippen LogP contribution in [-0.4, -0.2) is 26.7 Å². The van der Waals surface area contributed by atoms with E-state index >= 15 is 0 Å². The summed E-state index contributed by atoms with van der Waals surface area (Å²) in [5.41, 5.74) is 9.98. The molecule has 0 unspecified atom stereocenters. The molecule has 2 rings (SSSR count). The Hall–Kier alpha value is -3.14. The van der Waals surface area contributed by atoms with E-state index in [4.69, 9.17) is 10.7 Å².